The minimum atomic E-state index is -1.02. The number of nitrogens with two attached hydrogens (primary N) is 2. The number of likely N-dealkylation sites (tertiary alicyclic amines) is 1. The third-order valence-electron chi connectivity index (χ3n) is 8.02. The van der Waals surface area contributed by atoms with Crippen molar-refractivity contribution in [3.63, 3.8) is 0 Å². The highest BCUT2D eigenvalue weighted by molar-refractivity contribution is 6.31. The summed E-state index contributed by atoms with van der Waals surface area (Å²) in [6.07, 6.45) is 5.25. The number of carboxylic acids is 2. The van der Waals surface area contributed by atoms with Crippen molar-refractivity contribution in [1.29, 1.82) is 0 Å². The number of halogens is 2. The van der Waals surface area contributed by atoms with Crippen LogP contribution < -0.4 is 38.7 Å². The number of amides is 1. The number of anilines is 2. The van der Waals surface area contributed by atoms with Crippen molar-refractivity contribution in [3.8, 4) is 11.5 Å². The van der Waals surface area contributed by atoms with Crippen LogP contribution in [0.2, 0.25) is 5.15 Å². The largest absolute Gasteiger partial charge is 1.00 e. The quantitative estimate of drug-likeness (QED) is 0.129. The molecular weight excluding hydrogens is 651 g/mol. The van der Waals surface area contributed by atoms with Crippen LogP contribution in [0, 0.1) is 0 Å². The minimum absolute atomic E-state index is 0. The van der Waals surface area contributed by atoms with Gasteiger partial charge in [-0.1, -0.05) is 35.9 Å². The van der Waals surface area contributed by atoms with Gasteiger partial charge in [-0.25, -0.2) is 19.6 Å². The number of carboxylic acid groups (broad SMARTS) is 2. The van der Waals surface area contributed by atoms with Gasteiger partial charge < -0.3 is 53.4 Å². The number of rotatable bonds is 16. The van der Waals surface area contributed by atoms with Gasteiger partial charge in [0, 0.05) is 12.8 Å². The number of ether oxygens (including phenoxy) is 2. The summed E-state index contributed by atoms with van der Waals surface area (Å²) in [6, 6.07) is 14.8. The zero-order valence-corrected chi connectivity index (χ0v) is 27.4. The normalized spacial score (nSPS) is 15.2. The Kier molecular flexibility index (Phi) is 13.9. The first-order chi connectivity index (χ1) is 22.0. The second kappa shape index (κ2) is 17.5. The fraction of sp³-hybridized carbons (Fsp3) is 0.406. The maximum absolute atomic E-state index is 13.1. The Morgan fingerprint density at radius 3 is 1.85 bits per heavy atom. The van der Waals surface area contributed by atoms with Crippen LogP contribution in [0.1, 0.15) is 47.3 Å². The number of carbonyl (C=O) groups excluding carboxylic acids is 1. The molecule has 13 nitrogen and oxygen atoms in total. The molecule has 1 atom stereocenters. The zero-order valence-electron chi connectivity index (χ0n) is 25.9. The molecule has 4 rings (SSSR count). The number of aliphatic carboxylic acids is 2. The van der Waals surface area contributed by atoms with Crippen molar-refractivity contribution >= 4 is 41.1 Å². The number of aryl methyl sites for hydroxylation is 2. The summed E-state index contributed by atoms with van der Waals surface area (Å²) in [4.78, 5) is 42.7. The predicted molar refractivity (Wildman–Crippen MR) is 172 cm³/mol. The molecule has 1 aliphatic rings. The number of benzene rings is 2. The summed E-state index contributed by atoms with van der Waals surface area (Å²) in [5.41, 5.74) is 13.8. The average Bonchev–Trinajstić information content (AvgIpc) is 3.02. The van der Waals surface area contributed by atoms with Crippen molar-refractivity contribution < 1.29 is 51.0 Å². The molecule has 0 saturated carbocycles. The topological polar surface area (TPSA) is 200 Å². The minimum Gasteiger partial charge on any atom is -1.00 e. The molecule has 47 heavy (non-hydrogen) atoms. The van der Waals surface area contributed by atoms with Crippen LogP contribution in [0.4, 0.5) is 11.6 Å². The fourth-order valence-electron chi connectivity index (χ4n) is 5.85. The van der Waals surface area contributed by atoms with Crippen LogP contribution in [-0.2, 0) is 22.4 Å². The lowest BCUT2D eigenvalue weighted by molar-refractivity contribution is -0.933. The third kappa shape index (κ3) is 11.5. The smallest absolute Gasteiger partial charge is 0.341 e. The van der Waals surface area contributed by atoms with E-state index in [4.69, 9.17) is 42.8 Å². The van der Waals surface area contributed by atoms with E-state index in [2.05, 4.69) is 15.3 Å². The number of nitrogen functional groups attached to an aromatic ring is 2. The number of hydrogen-bond acceptors (Lipinski definition) is 9. The molecule has 1 aromatic heterocycles. The summed E-state index contributed by atoms with van der Waals surface area (Å²) in [5, 5.41) is 20.7. The van der Waals surface area contributed by atoms with Gasteiger partial charge >= 0.3 is 11.9 Å². The molecule has 2 heterocycles. The summed E-state index contributed by atoms with van der Waals surface area (Å²) in [5.74, 6) is -1.57. The van der Waals surface area contributed by atoms with Gasteiger partial charge in [-0.05, 0) is 61.1 Å². The Labute approximate surface area is 284 Å². The molecule has 0 bridgehead atoms. The molecule has 0 spiro atoms. The Morgan fingerprint density at radius 1 is 0.851 bits per heavy atom. The van der Waals surface area contributed by atoms with Crippen LogP contribution in [0.25, 0.3) is 0 Å². The van der Waals surface area contributed by atoms with E-state index in [0.717, 1.165) is 80.3 Å². The summed E-state index contributed by atoms with van der Waals surface area (Å²) < 4.78 is 11.3. The summed E-state index contributed by atoms with van der Waals surface area (Å²) in [6.45, 7) is 2.76. The fourth-order valence-corrected chi connectivity index (χ4v) is 5.98. The summed E-state index contributed by atoms with van der Waals surface area (Å²) in [7, 11) is 0. The predicted octanol–water partition coefficient (Wildman–Crippen LogP) is 0.200. The molecule has 15 heteroatoms. The van der Waals surface area contributed by atoms with Crippen molar-refractivity contribution in [2.45, 2.75) is 44.6 Å². The number of nitrogens with zero attached hydrogens (tertiary/aromatic N) is 3. The highest BCUT2D eigenvalue weighted by Crippen LogP contribution is 2.25. The van der Waals surface area contributed by atoms with Crippen molar-refractivity contribution in [2.75, 3.05) is 50.9 Å². The number of aromatic nitrogens is 2. The maximum Gasteiger partial charge on any atom is 0.341 e. The lowest BCUT2D eigenvalue weighted by Gasteiger charge is -2.45. The lowest BCUT2D eigenvalue weighted by atomic mass is 9.99. The zero-order chi connectivity index (χ0) is 33.1. The summed E-state index contributed by atoms with van der Waals surface area (Å²) >= 11 is 6.01. The lowest BCUT2D eigenvalue weighted by Crippen LogP contribution is -3.00. The van der Waals surface area contributed by atoms with Crippen molar-refractivity contribution in [3.05, 3.63) is 70.5 Å². The Hall–Kier alpha value is -4.33. The molecule has 7 N–H and O–H groups in total. The van der Waals surface area contributed by atoms with E-state index in [0.29, 0.717) is 11.5 Å². The molecule has 2 aromatic carbocycles. The van der Waals surface area contributed by atoms with Crippen molar-refractivity contribution in [1.82, 2.24) is 15.3 Å². The van der Waals surface area contributed by atoms with Gasteiger partial charge in [0.25, 0.3) is 5.91 Å². The standard InChI is InChI=1S/C32H39ClN6O7.ClH/c33-29-31(35)38-30(34)28(37-29)32(44)36-23-6-3-17-39(18-23,15-1-4-21-7-11-24(12-8-21)45-19-26(40)41)16-2-5-22-9-13-25(14-10-22)46-20-27(42)43;/h7-14,23H,1-6,15-20H2,(H6-,34,35,36,38,40,41,42,43,44);1H. The van der Waals surface area contributed by atoms with Gasteiger partial charge in [0.1, 0.15) is 11.5 Å². The second-order valence-corrected chi connectivity index (χ2v) is 11.9. The van der Waals surface area contributed by atoms with Gasteiger partial charge in [-0.3, -0.25) is 4.79 Å². The van der Waals surface area contributed by atoms with E-state index in [1.165, 1.54) is 0 Å². The third-order valence-corrected chi connectivity index (χ3v) is 8.29. The number of quaternary nitrogens is 1. The monoisotopic (exact) mass is 690 g/mol. The van der Waals surface area contributed by atoms with Crippen LogP contribution in [0.5, 0.6) is 11.5 Å². The molecule has 0 aliphatic carbocycles. The van der Waals surface area contributed by atoms with Crippen molar-refractivity contribution in [2.24, 2.45) is 0 Å². The molecule has 1 saturated heterocycles. The first-order valence-corrected chi connectivity index (χ1v) is 15.5. The number of hydrogen-bond donors (Lipinski definition) is 5. The van der Waals surface area contributed by atoms with Crippen LogP contribution in [0.3, 0.4) is 0 Å². The van der Waals surface area contributed by atoms with Gasteiger partial charge in [-0.2, -0.15) is 0 Å². The molecular formula is C32H40Cl2N6O7. The van der Waals surface area contributed by atoms with E-state index in [1.807, 2.05) is 24.3 Å². The maximum atomic E-state index is 13.1. The first-order valence-electron chi connectivity index (χ1n) is 15.1. The average molecular weight is 692 g/mol. The highest BCUT2D eigenvalue weighted by atomic mass is 35.5. The molecule has 254 valence electrons. The Bertz CT molecular complexity index is 1440. The van der Waals surface area contributed by atoms with Gasteiger partial charge in [-0.15, -0.1) is 0 Å². The molecule has 1 unspecified atom stereocenters. The van der Waals surface area contributed by atoms with E-state index in [-0.39, 0.29) is 54.1 Å². The van der Waals surface area contributed by atoms with E-state index in [1.54, 1.807) is 24.3 Å². The second-order valence-electron chi connectivity index (χ2n) is 11.5. The number of piperidine rings is 1. The first kappa shape index (κ1) is 37.1. The van der Waals surface area contributed by atoms with Gasteiger partial charge in [0.05, 0.1) is 32.2 Å². The van der Waals surface area contributed by atoms with E-state index < -0.39 is 17.8 Å². The van der Waals surface area contributed by atoms with Crippen LogP contribution >= 0.6 is 11.6 Å². The SMILES string of the molecule is Nc1nc(N)c(C(=O)NC2CCC[N+](CCCc3ccc(OCC(=O)O)cc3)(CCCc3ccc(OCC(=O)O)cc3)C2)nc1Cl.[Cl-]. The van der Waals surface area contributed by atoms with Gasteiger partial charge in [0.15, 0.2) is 35.7 Å². The molecule has 3 aromatic rings. The molecule has 1 amide bonds. The van der Waals surface area contributed by atoms with E-state index in [9.17, 15) is 14.4 Å². The Balaban J connectivity index is 0.00000600. The number of nitrogens with one attached hydrogen (secondary N) is 1. The van der Waals surface area contributed by atoms with Gasteiger partial charge in [0.2, 0.25) is 0 Å². The number of carbonyl (C=O) groups is 3. The molecule has 1 fully saturated rings. The molecule has 1 aliphatic heterocycles. The Morgan fingerprint density at radius 2 is 1.36 bits per heavy atom. The van der Waals surface area contributed by atoms with Crippen LogP contribution in [-0.4, -0.2) is 87.9 Å². The highest BCUT2D eigenvalue weighted by Gasteiger charge is 2.35. The van der Waals surface area contributed by atoms with E-state index >= 15 is 0 Å². The van der Waals surface area contributed by atoms with Crippen LogP contribution in [0.15, 0.2) is 48.5 Å². The molecule has 0 radical (unpaired) electrons.